The smallest absolute Gasteiger partial charge is 0.266 e. The van der Waals surface area contributed by atoms with Crippen LogP contribution in [0, 0.1) is 0 Å². The molecule has 2 aromatic rings. The number of rotatable bonds is 2. The summed E-state index contributed by atoms with van der Waals surface area (Å²) in [6.07, 6.45) is 0. The first-order chi connectivity index (χ1) is 7.15. The minimum Gasteiger partial charge on any atom is -0.384 e. The molecule has 0 atom stereocenters. The van der Waals surface area contributed by atoms with E-state index in [1.54, 1.807) is 10.7 Å². The zero-order valence-electron chi connectivity index (χ0n) is 7.90. The van der Waals surface area contributed by atoms with Gasteiger partial charge in [0.25, 0.3) is 5.56 Å². The molecule has 15 heavy (non-hydrogen) atoms. The molecule has 0 saturated carbocycles. The number of H-pyrrole nitrogens is 1. The van der Waals surface area contributed by atoms with Crippen LogP contribution in [0.3, 0.4) is 0 Å². The van der Waals surface area contributed by atoms with E-state index in [1.807, 2.05) is 18.2 Å². The van der Waals surface area contributed by atoms with E-state index in [2.05, 4.69) is 5.10 Å². The molecule has 0 spiro atoms. The van der Waals surface area contributed by atoms with Gasteiger partial charge in [0.15, 0.2) is 0 Å². The lowest BCUT2D eigenvalue weighted by atomic mass is 10.2. The van der Waals surface area contributed by atoms with Crippen LogP contribution in [0.1, 0.15) is 5.56 Å². The molecule has 3 N–H and O–H groups in total. The van der Waals surface area contributed by atoms with E-state index >= 15 is 0 Å². The molecule has 1 heterocycles. The Morgan fingerprint density at radius 3 is 2.80 bits per heavy atom. The van der Waals surface area contributed by atoms with Crippen molar-refractivity contribution >= 4 is 17.4 Å². The Morgan fingerprint density at radius 2 is 2.20 bits per heavy atom. The third kappa shape index (κ3) is 2.22. The number of halogens is 1. The van der Waals surface area contributed by atoms with Gasteiger partial charge >= 0.3 is 0 Å². The Kier molecular flexibility index (Phi) is 2.51. The van der Waals surface area contributed by atoms with Crippen LogP contribution in [0.15, 0.2) is 35.1 Å². The van der Waals surface area contributed by atoms with E-state index in [0.29, 0.717) is 17.4 Å². The van der Waals surface area contributed by atoms with Gasteiger partial charge in [0.1, 0.15) is 5.82 Å². The van der Waals surface area contributed by atoms with Gasteiger partial charge in [-0.05, 0) is 17.7 Å². The zero-order valence-corrected chi connectivity index (χ0v) is 8.66. The van der Waals surface area contributed by atoms with Crippen LogP contribution in [0.5, 0.6) is 0 Å². The number of hydrogen-bond acceptors (Lipinski definition) is 2. The molecule has 0 bridgehead atoms. The highest BCUT2D eigenvalue weighted by Crippen LogP contribution is 2.12. The average Bonchev–Trinajstić information content (AvgIpc) is 2.45. The van der Waals surface area contributed by atoms with Crippen molar-refractivity contribution in [3.05, 3.63) is 51.3 Å². The van der Waals surface area contributed by atoms with E-state index in [9.17, 15) is 4.79 Å². The molecule has 0 amide bonds. The lowest BCUT2D eigenvalue weighted by Crippen LogP contribution is -2.08. The van der Waals surface area contributed by atoms with E-state index in [4.69, 9.17) is 17.3 Å². The molecule has 2 rings (SSSR count). The molecule has 0 saturated heterocycles. The summed E-state index contributed by atoms with van der Waals surface area (Å²) in [5, 5.41) is 3.27. The predicted octanol–water partition coefficient (Wildman–Crippen LogP) is 1.46. The Morgan fingerprint density at radius 1 is 1.40 bits per heavy atom. The minimum absolute atomic E-state index is 0.200. The summed E-state index contributed by atoms with van der Waals surface area (Å²) < 4.78 is 1.58. The summed E-state index contributed by atoms with van der Waals surface area (Å²) >= 11 is 5.84. The first-order valence-electron chi connectivity index (χ1n) is 4.45. The average molecular weight is 224 g/mol. The number of nitrogen functional groups attached to an aromatic ring is 1. The second-order valence-corrected chi connectivity index (χ2v) is 3.70. The second kappa shape index (κ2) is 3.82. The third-order valence-electron chi connectivity index (χ3n) is 2.07. The second-order valence-electron chi connectivity index (χ2n) is 3.26. The fourth-order valence-electron chi connectivity index (χ4n) is 1.39. The van der Waals surface area contributed by atoms with Crippen molar-refractivity contribution in [2.45, 2.75) is 6.54 Å². The van der Waals surface area contributed by atoms with Gasteiger partial charge in [0, 0.05) is 11.1 Å². The van der Waals surface area contributed by atoms with Gasteiger partial charge in [-0.2, -0.15) is 0 Å². The van der Waals surface area contributed by atoms with Crippen LogP contribution < -0.4 is 11.3 Å². The van der Waals surface area contributed by atoms with Crippen LogP contribution in [0.4, 0.5) is 5.82 Å². The van der Waals surface area contributed by atoms with Crippen molar-refractivity contribution in [1.82, 2.24) is 9.78 Å². The number of hydrogen-bond donors (Lipinski definition) is 2. The van der Waals surface area contributed by atoms with Crippen molar-refractivity contribution in [3.63, 3.8) is 0 Å². The largest absolute Gasteiger partial charge is 0.384 e. The van der Waals surface area contributed by atoms with Gasteiger partial charge in [-0.15, -0.1) is 0 Å². The minimum atomic E-state index is -0.200. The molecule has 0 aliphatic rings. The van der Waals surface area contributed by atoms with E-state index < -0.39 is 0 Å². The molecule has 4 nitrogen and oxygen atoms in total. The van der Waals surface area contributed by atoms with E-state index in [1.165, 1.54) is 6.07 Å². The number of nitrogens with two attached hydrogens (primary N) is 1. The SMILES string of the molecule is Nc1cc(=O)[nH]n1Cc1cccc(Cl)c1. The van der Waals surface area contributed by atoms with Crippen LogP contribution in [0.25, 0.3) is 0 Å². The maximum Gasteiger partial charge on any atom is 0.266 e. The normalized spacial score (nSPS) is 10.5. The summed E-state index contributed by atoms with van der Waals surface area (Å²) in [6, 6.07) is 8.76. The van der Waals surface area contributed by atoms with Crippen molar-refractivity contribution in [1.29, 1.82) is 0 Å². The third-order valence-corrected chi connectivity index (χ3v) is 2.30. The predicted molar refractivity (Wildman–Crippen MR) is 60.0 cm³/mol. The quantitative estimate of drug-likeness (QED) is 0.810. The highest BCUT2D eigenvalue weighted by atomic mass is 35.5. The summed E-state index contributed by atoms with van der Waals surface area (Å²) in [6.45, 7) is 0.509. The summed E-state index contributed by atoms with van der Waals surface area (Å²) in [5.41, 5.74) is 6.41. The van der Waals surface area contributed by atoms with Gasteiger partial charge in [-0.3, -0.25) is 14.6 Å². The molecule has 0 fully saturated rings. The molecular formula is C10H10ClN3O. The van der Waals surface area contributed by atoms with Crippen molar-refractivity contribution in [2.75, 3.05) is 5.73 Å². The fourth-order valence-corrected chi connectivity index (χ4v) is 1.60. The molecule has 1 aromatic carbocycles. The molecule has 0 aliphatic heterocycles. The highest BCUT2D eigenvalue weighted by molar-refractivity contribution is 6.30. The molecule has 5 heteroatoms. The summed E-state index contributed by atoms with van der Waals surface area (Å²) in [4.78, 5) is 11.0. The van der Waals surface area contributed by atoms with Gasteiger partial charge < -0.3 is 5.73 Å². The van der Waals surface area contributed by atoms with Crippen LogP contribution in [0.2, 0.25) is 5.02 Å². The maximum atomic E-state index is 11.0. The first kappa shape index (κ1) is 9.86. The zero-order chi connectivity index (χ0) is 10.8. The van der Waals surface area contributed by atoms with Crippen LogP contribution in [-0.4, -0.2) is 9.78 Å². The number of nitrogens with one attached hydrogen (secondary N) is 1. The number of benzene rings is 1. The monoisotopic (exact) mass is 223 g/mol. The number of aromatic nitrogens is 2. The Labute approximate surface area is 91.3 Å². The lowest BCUT2D eigenvalue weighted by molar-refractivity contribution is 0.689. The molecule has 1 aromatic heterocycles. The number of aromatic amines is 1. The molecule has 0 radical (unpaired) electrons. The fraction of sp³-hybridized carbons (Fsp3) is 0.100. The van der Waals surface area contributed by atoms with E-state index in [-0.39, 0.29) is 5.56 Å². The van der Waals surface area contributed by atoms with Crippen LogP contribution >= 0.6 is 11.6 Å². The summed E-state index contributed by atoms with van der Waals surface area (Å²) in [5.74, 6) is 0.417. The standard InChI is InChI=1S/C10H10ClN3O/c11-8-3-1-2-7(4-8)6-14-9(12)5-10(15)13-14/h1-5H,6,12H2,(H,13,15). The molecule has 0 unspecified atom stereocenters. The van der Waals surface area contributed by atoms with Crippen molar-refractivity contribution in [2.24, 2.45) is 0 Å². The molecular weight excluding hydrogens is 214 g/mol. The molecule has 0 aliphatic carbocycles. The van der Waals surface area contributed by atoms with Crippen LogP contribution in [-0.2, 0) is 6.54 Å². The van der Waals surface area contributed by atoms with Gasteiger partial charge in [0.05, 0.1) is 6.54 Å². The lowest BCUT2D eigenvalue weighted by Gasteiger charge is -2.05. The van der Waals surface area contributed by atoms with Crippen molar-refractivity contribution in [3.8, 4) is 0 Å². The first-order valence-corrected chi connectivity index (χ1v) is 4.83. The Balaban J connectivity index is 2.29. The van der Waals surface area contributed by atoms with E-state index in [0.717, 1.165) is 5.56 Å². The van der Waals surface area contributed by atoms with Gasteiger partial charge in [-0.25, -0.2) is 0 Å². The van der Waals surface area contributed by atoms with Crippen molar-refractivity contribution < 1.29 is 0 Å². The summed E-state index contributed by atoms with van der Waals surface area (Å²) in [7, 11) is 0. The Bertz CT molecular complexity index is 529. The number of nitrogens with zero attached hydrogens (tertiary/aromatic N) is 1. The van der Waals surface area contributed by atoms with Gasteiger partial charge in [-0.1, -0.05) is 23.7 Å². The molecule has 78 valence electrons. The highest BCUT2D eigenvalue weighted by Gasteiger charge is 2.01. The van der Waals surface area contributed by atoms with Gasteiger partial charge in [0.2, 0.25) is 0 Å². The maximum absolute atomic E-state index is 11.0. The number of anilines is 1. The Hall–Kier alpha value is -1.68. The topological polar surface area (TPSA) is 63.8 Å².